The first-order chi connectivity index (χ1) is 10.6. The molecule has 0 N–H and O–H groups in total. The van der Waals surface area contributed by atoms with Gasteiger partial charge in [0, 0.05) is 37.2 Å². The number of fused-ring (bicyclic) bond motifs is 3. The van der Waals surface area contributed by atoms with E-state index in [9.17, 15) is 4.79 Å². The summed E-state index contributed by atoms with van der Waals surface area (Å²) >= 11 is 0. The number of benzene rings is 1. The van der Waals surface area contributed by atoms with Crippen LogP contribution in [0, 0.1) is 11.8 Å². The molecule has 22 heavy (non-hydrogen) atoms. The lowest BCUT2D eigenvalue weighted by atomic mass is 9.65. The van der Waals surface area contributed by atoms with Gasteiger partial charge in [0.15, 0.2) is 17.0 Å². The van der Waals surface area contributed by atoms with Gasteiger partial charge in [-0.25, -0.2) is 0 Å². The van der Waals surface area contributed by atoms with Crippen LogP contribution in [0.15, 0.2) is 35.9 Å². The van der Waals surface area contributed by atoms with Crippen LogP contribution in [0.5, 0.6) is 0 Å². The molecule has 0 unspecified atom stereocenters. The topological polar surface area (TPSA) is 48.1 Å². The average molecular weight is 298 g/mol. The highest BCUT2D eigenvalue weighted by Crippen LogP contribution is 2.79. The Labute approximate surface area is 129 Å². The number of carbonyl (C=O) groups is 1. The van der Waals surface area contributed by atoms with Gasteiger partial charge in [-0.2, -0.15) is 0 Å². The maximum absolute atomic E-state index is 13.2. The van der Waals surface area contributed by atoms with Gasteiger partial charge >= 0.3 is 0 Å². The highest BCUT2D eigenvalue weighted by atomic mass is 16.8. The van der Waals surface area contributed by atoms with Crippen LogP contribution in [0.2, 0.25) is 0 Å². The molecule has 0 spiro atoms. The van der Waals surface area contributed by atoms with Crippen LogP contribution in [0.25, 0.3) is 0 Å². The maximum atomic E-state index is 13.2. The van der Waals surface area contributed by atoms with E-state index in [1.165, 1.54) is 5.57 Å². The Balaban J connectivity index is 1.87. The van der Waals surface area contributed by atoms with Crippen molar-refractivity contribution < 1.29 is 19.0 Å². The molecule has 1 aromatic carbocycles. The van der Waals surface area contributed by atoms with E-state index in [0.717, 1.165) is 12.0 Å². The lowest BCUT2D eigenvalue weighted by Crippen LogP contribution is -2.58. The van der Waals surface area contributed by atoms with Crippen molar-refractivity contribution in [2.45, 2.75) is 30.3 Å². The highest BCUT2D eigenvalue weighted by Gasteiger charge is 2.94. The predicted octanol–water partition coefficient (Wildman–Crippen LogP) is 2.43. The largest absolute Gasteiger partial charge is 0.347 e. The van der Waals surface area contributed by atoms with Gasteiger partial charge in [-0.05, 0) is 13.3 Å². The molecule has 1 saturated carbocycles. The van der Waals surface area contributed by atoms with Gasteiger partial charge in [0.1, 0.15) is 0 Å². The fraction of sp³-hybridized carbons (Fsp3) is 0.500. The van der Waals surface area contributed by atoms with Crippen LogP contribution in [0.4, 0.5) is 0 Å². The number of carbonyl (C=O) groups excluding carboxylic acids is 1. The number of ketones is 1. The summed E-state index contributed by atoms with van der Waals surface area (Å²) in [6.07, 6.45) is 3.15. The van der Waals surface area contributed by atoms with Gasteiger partial charge in [-0.15, -0.1) is 0 Å². The summed E-state index contributed by atoms with van der Waals surface area (Å²) in [5.74, 6) is -0.631. The molecule has 114 valence electrons. The monoisotopic (exact) mass is 298 g/mol. The van der Waals surface area contributed by atoms with E-state index in [1.807, 2.05) is 24.3 Å². The molecule has 2 bridgehead atoms. The lowest BCUT2D eigenvalue weighted by Gasteiger charge is -2.43. The third-order valence-corrected chi connectivity index (χ3v) is 6.28. The summed E-state index contributed by atoms with van der Waals surface area (Å²) < 4.78 is 18.1. The second-order valence-electron chi connectivity index (χ2n) is 6.78. The molecule has 0 radical (unpaired) electrons. The van der Waals surface area contributed by atoms with Crippen molar-refractivity contribution in [3.8, 4) is 0 Å². The van der Waals surface area contributed by atoms with Crippen molar-refractivity contribution in [1.29, 1.82) is 0 Å². The molecule has 4 nitrogen and oxygen atoms in total. The molecule has 1 heterocycles. The van der Waals surface area contributed by atoms with E-state index in [-0.39, 0.29) is 17.6 Å². The van der Waals surface area contributed by atoms with Gasteiger partial charge in [-0.1, -0.05) is 35.9 Å². The van der Waals surface area contributed by atoms with Crippen molar-refractivity contribution in [2.75, 3.05) is 14.2 Å². The van der Waals surface area contributed by atoms with Crippen LogP contribution >= 0.6 is 0 Å². The SMILES string of the molecule is COC1(OC)c2ccccc2C(=O)[C@]23O[C@]12[C@H]1C[C@@H]3C=C1C. The third kappa shape index (κ3) is 0.945. The summed E-state index contributed by atoms with van der Waals surface area (Å²) in [7, 11) is 3.28. The zero-order valence-corrected chi connectivity index (χ0v) is 12.9. The van der Waals surface area contributed by atoms with Crippen LogP contribution in [-0.2, 0) is 20.0 Å². The second kappa shape index (κ2) is 3.53. The van der Waals surface area contributed by atoms with E-state index in [0.29, 0.717) is 5.56 Å². The molecule has 3 aliphatic carbocycles. The van der Waals surface area contributed by atoms with E-state index in [2.05, 4.69) is 13.0 Å². The average Bonchev–Trinajstić information content (AvgIpc) is 3.04. The highest BCUT2D eigenvalue weighted by molar-refractivity contribution is 6.10. The lowest BCUT2D eigenvalue weighted by molar-refractivity contribution is -0.264. The van der Waals surface area contributed by atoms with Gasteiger partial charge in [0.2, 0.25) is 5.79 Å². The molecule has 1 aromatic rings. The predicted molar refractivity (Wildman–Crippen MR) is 78.4 cm³/mol. The van der Waals surface area contributed by atoms with Gasteiger partial charge in [0.25, 0.3) is 0 Å². The van der Waals surface area contributed by atoms with Crippen LogP contribution in [-0.4, -0.2) is 31.2 Å². The Morgan fingerprint density at radius 1 is 1.23 bits per heavy atom. The smallest absolute Gasteiger partial charge is 0.229 e. The van der Waals surface area contributed by atoms with Crippen LogP contribution in [0.3, 0.4) is 0 Å². The van der Waals surface area contributed by atoms with Crippen molar-refractivity contribution in [1.82, 2.24) is 0 Å². The number of epoxide rings is 1. The summed E-state index contributed by atoms with van der Waals surface area (Å²) in [4.78, 5) is 13.2. The minimum absolute atomic E-state index is 0.0871. The van der Waals surface area contributed by atoms with Crippen molar-refractivity contribution in [2.24, 2.45) is 11.8 Å². The molecule has 4 heteroatoms. The number of rotatable bonds is 2. The molecule has 4 aliphatic rings. The van der Waals surface area contributed by atoms with E-state index in [1.54, 1.807) is 14.2 Å². The zero-order valence-electron chi connectivity index (χ0n) is 12.9. The number of hydrogen-bond acceptors (Lipinski definition) is 4. The van der Waals surface area contributed by atoms with E-state index >= 15 is 0 Å². The Morgan fingerprint density at radius 2 is 1.95 bits per heavy atom. The Bertz CT molecular complexity index is 747. The molecule has 4 atom stereocenters. The first-order valence-electron chi connectivity index (χ1n) is 7.72. The zero-order chi connectivity index (χ0) is 15.3. The van der Waals surface area contributed by atoms with Crippen molar-refractivity contribution in [3.05, 3.63) is 47.0 Å². The fourth-order valence-electron chi connectivity index (χ4n) is 5.52. The molecule has 0 amide bonds. The quantitative estimate of drug-likeness (QED) is 0.478. The molecular weight excluding hydrogens is 280 g/mol. The number of hydrogen-bond donors (Lipinski definition) is 0. The molecule has 1 saturated heterocycles. The molecule has 1 aliphatic heterocycles. The molecule has 0 aromatic heterocycles. The first-order valence-corrected chi connectivity index (χ1v) is 7.72. The molecular formula is C18H18O4. The van der Waals surface area contributed by atoms with E-state index < -0.39 is 17.0 Å². The number of ether oxygens (including phenoxy) is 3. The third-order valence-electron chi connectivity index (χ3n) is 6.28. The summed E-state index contributed by atoms with van der Waals surface area (Å²) in [6, 6.07) is 7.58. The summed E-state index contributed by atoms with van der Waals surface area (Å²) in [5.41, 5.74) is 1.23. The van der Waals surface area contributed by atoms with Crippen LogP contribution < -0.4 is 0 Å². The first kappa shape index (κ1) is 13.0. The standard InChI is InChI=1S/C18H18O4/c1-10-8-11-9-14(10)17-16(11,22-17)15(19)12-6-4-5-7-13(12)18(17,20-2)21-3/h4-8,11,14H,9H2,1-3H3/t11-,14-,16-,17-/m0/s1. The maximum Gasteiger partial charge on any atom is 0.229 e. The number of methoxy groups -OCH3 is 2. The second-order valence-corrected chi connectivity index (χ2v) is 6.78. The Hall–Kier alpha value is -1.49. The molecule has 5 rings (SSSR count). The minimum atomic E-state index is -1.02. The fourth-order valence-corrected chi connectivity index (χ4v) is 5.52. The normalized spacial score (nSPS) is 42.5. The van der Waals surface area contributed by atoms with Crippen molar-refractivity contribution in [3.63, 3.8) is 0 Å². The van der Waals surface area contributed by atoms with Crippen molar-refractivity contribution >= 4 is 5.78 Å². The molecule has 2 fully saturated rings. The summed E-state index contributed by atoms with van der Waals surface area (Å²) in [5, 5.41) is 0. The Morgan fingerprint density at radius 3 is 2.68 bits per heavy atom. The van der Waals surface area contributed by atoms with Crippen LogP contribution in [0.1, 0.15) is 29.3 Å². The Kier molecular flexibility index (Phi) is 2.09. The minimum Gasteiger partial charge on any atom is -0.347 e. The van der Waals surface area contributed by atoms with Gasteiger partial charge in [-0.3, -0.25) is 4.79 Å². The van der Waals surface area contributed by atoms with Gasteiger partial charge in [0.05, 0.1) is 0 Å². The van der Waals surface area contributed by atoms with Gasteiger partial charge < -0.3 is 14.2 Å². The number of Topliss-reactive ketones (excluding diaryl/α,β-unsaturated/α-hetero) is 1. The van der Waals surface area contributed by atoms with E-state index in [4.69, 9.17) is 14.2 Å². The summed E-state index contributed by atoms with van der Waals surface area (Å²) in [6.45, 7) is 2.12.